The molecule has 0 saturated heterocycles. The zero-order valence-corrected chi connectivity index (χ0v) is 12.2. The Kier molecular flexibility index (Phi) is 3.14. The second kappa shape index (κ2) is 4.74. The lowest BCUT2D eigenvalue weighted by atomic mass is 9.86. The molecule has 0 fully saturated rings. The highest BCUT2D eigenvalue weighted by molar-refractivity contribution is 6.35. The minimum Gasteiger partial charge on any atom is -0.481 e. The Balaban J connectivity index is 2.12. The van der Waals surface area contributed by atoms with Crippen LogP contribution in [0.4, 0.5) is 0 Å². The molecule has 0 saturated carbocycles. The zero-order valence-electron chi connectivity index (χ0n) is 11.5. The van der Waals surface area contributed by atoms with Gasteiger partial charge in [0.1, 0.15) is 11.1 Å². The van der Waals surface area contributed by atoms with E-state index in [1.807, 2.05) is 6.07 Å². The van der Waals surface area contributed by atoms with Crippen LogP contribution in [0.25, 0.3) is 0 Å². The molecule has 1 aliphatic heterocycles. The molecule has 2 aromatic rings. The number of benzene rings is 1. The lowest BCUT2D eigenvalue weighted by Gasteiger charge is -2.16. The molecule has 1 aliphatic rings. The maximum Gasteiger partial charge on any atom is 0.315 e. The van der Waals surface area contributed by atoms with Crippen LogP contribution in [0.2, 0.25) is 5.02 Å². The molecule has 0 spiro atoms. The van der Waals surface area contributed by atoms with E-state index in [1.165, 1.54) is 0 Å². The normalized spacial score (nSPS) is 20.3. The van der Waals surface area contributed by atoms with Crippen LogP contribution in [0.1, 0.15) is 35.1 Å². The van der Waals surface area contributed by atoms with Crippen LogP contribution in [-0.4, -0.2) is 21.4 Å². The number of halogens is 1. The first-order valence-electron chi connectivity index (χ1n) is 6.68. The highest BCUT2D eigenvalue weighted by atomic mass is 35.5. The van der Waals surface area contributed by atoms with E-state index in [0.29, 0.717) is 34.9 Å². The highest BCUT2D eigenvalue weighted by Crippen LogP contribution is 2.40. The van der Waals surface area contributed by atoms with Gasteiger partial charge in [-0.15, -0.1) is 0 Å². The predicted octanol–water partition coefficient (Wildman–Crippen LogP) is 3.12. The van der Waals surface area contributed by atoms with Gasteiger partial charge in [-0.3, -0.25) is 9.59 Å². The van der Waals surface area contributed by atoms with Crippen molar-refractivity contribution in [3.8, 4) is 0 Å². The number of fused-ring (bicyclic) bond motifs is 1. The van der Waals surface area contributed by atoms with E-state index in [2.05, 4.69) is 0 Å². The smallest absolute Gasteiger partial charge is 0.315 e. The summed E-state index contributed by atoms with van der Waals surface area (Å²) in [6, 6.07) is 10.5. The molecule has 1 atom stereocenters. The minimum absolute atomic E-state index is 0.179. The molecule has 21 heavy (non-hydrogen) atoms. The highest BCUT2D eigenvalue weighted by Gasteiger charge is 2.44. The molecule has 0 aliphatic carbocycles. The molecule has 0 radical (unpaired) electrons. The second-order valence-electron chi connectivity index (χ2n) is 5.46. The number of carboxylic acids is 1. The monoisotopic (exact) mass is 303 g/mol. The Morgan fingerprint density at radius 2 is 1.95 bits per heavy atom. The quantitative estimate of drug-likeness (QED) is 0.886. The molecule has 3 rings (SSSR count). The average molecular weight is 304 g/mol. The SMILES string of the molecule is CC1(C(=O)O)CCn2c1cc(Cl)c2C(=O)c1ccccc1. The fourth-order valence-corrected chi connectivity index (χ4v) is 3.13. The molecule has 1 unspecified atom stereocenters. The van der Waals surface area contributed by atoms with Gasteiger partial charge >= 0.3 is 5.97 Å². The number of carbonyl (C=O) groups excluding carboxylic acids is 1. The van der Waals surface area contributed by atoms with Crippen molar-refractivity contribution in [3.05, 3.63) is 58.4 Å². The Hall–Kier alpha value is -2.07. The summed E-state index contributed by atoms with van der Waals surface area (Å²) in [7, 11) is 0. The van der Waals surface area contributed by atoms with Gasteiger partial charge in [0.2, 0.25) is 5.78 Å². The summed E-state index contributed by atoms with van der Waals surface area (Å²) in [6.45, 7) is 2.15. The van der Waals surface area contributed by atoms with E-state index in [0.717, 1.165) is 0 Å². The summed E-state index contributed by atoms with van der Waals surface area (Å²) in [5.41, 5.74) is 0.533. The largest absolute Gasteiger partial charge is 0.481 e. The van der Waals surface area contributed by atoms with Crippen molar-refractivity contribution < 1.29 is 14.7 Å². The Morgan fingerprint density at radius 1 is 1.29 bits per heavy atom. The summed E-state index contributed by atoms with van der Waals surface area (Å²) >= 11 is 6.21. The van der Waals surface area contributed by atoms with Crippen LogP contribution in [0.5, 0.6) is 0 Å². The Bertz CT molecular complexity index is 735. The molecule has 1 N–H and O–H groups in total. The van der Waals surface area contributed by atoms with Crippen molar-refractivity contribution in [2.45, 2.75) is 25.3 Å². The van der Waals surface area contributed by atoms with Crippen LogP contribution < -0.4 is 0 Å². The molecule has 5 heteroatoms. The topological polar surface area (TPSA) is 59.3 Å². The van der Waals surface area contributed by atoms with Gasteiger partial charge in [-0.25, -0.2) is 0 Å². The standard InChI is InChI=1S/C16H14ClNO3/c1-16(15(20)21)7-8-18-12(16)9-11(17)13(18)14(19)10-5-3-2-4-6-10/h2-6,9H,7-8H2,1H3,(H,20,21). The van der Waals surface area contributed by atoms with Gasteiger partial charge in [-0.05, 0) is 19.4 Å². The molecule has 0 bridgehead atoms. The van der Waals surface area contributed by atoms with Crippen molar-refractivity contribution in [3.63, 3.8) is 0 Å². The van der Waals surface area contributed by atoms with Crippen LogP contribution in [-0.2, 0) is 16.8 Å². The summed E-state index contributed by atoms with van der Waals surface area (Å²) < 4.78 is 1.74. The number of aromatic nitrogens is 1. The van der Waals surface area contributed by atoms with Crippen molar-refractivity contribution in [1.82, 2.24) is 4.57 Å². The van der Waals surface area contributed by atoms with E-state index >= 15 is 0 Å². The maximum absolute atomic E-state index is 12.6. The van der Waals surface area contributed by atoms with E-state index in [9.17, 15) is 14.7 Å². The second-order valence-corrected chi connectivity index (χ2v) is 5.87. The van der Waals surface area contributed by atoms with E-state index in [4.69, 9.17) is 11.6 Å². The molecule has 1 aromatic carbocycles. The van der Waals surface area contributed by atoms with Gasteiger partial charge in [0.25, 0.3) is 0 Å². The third-order valence-corrected chi connectivity index (χ3v) is 4.46. The summed E-state index contributed by atoms with van der Waals surface area (Å²) in [5, 5.41) is 9.74. The zero-order chi connectivity index (χ0) is 15.2. The fourth-order valence-electron chi connectivity index (χ4n) is 2.84. The van der Waals surface area contributed by atoms with Crippen molar-refractivity contribution in [2.75, 3.05) is 0 Å². The number of hydrogen-bond donors (Lipinski definition) is 1. The molecular weight excluding hydrogens is 290 g/mol. The fraction of sp³-hybridized carbons (Fsp3) is 0.250. The first-order chi connectivity index (χ1) is 9.95. The molecule has 2 heterocycles. The summed E-state index contributed by atoms with van der Waals surface area (Å²) in [4.78, 5) is 24.1. The first kappa shape index (κ1) is 13.9. The number of carboxylic acid groups (broad SMARTS) is 1. The van der Waals surface area contributed by atoms with Gasteiger partial charge in [0.05, 0.1) is 5.02 Å². The number of nitrogens with zero attached hydrogens (tertiary/aromatic N) is 1. The predicted molar refractivity (Wildman–Crippen MR) is 78.9 cm³/mol. The lowest BCUT2D eigenvalue weighted by Crippen LogP contribution is -2.29. The van der Waals surface area contributed by atoms with E-state index in [-0.39, 0.29) is 5.78 Å². The minimum atomic E-state index is -0.987. The summed E-state index contributed by atoms with van der Waals surface area (Å²) in [6.07, 6.45) is 0.462. The number of carbonyl (C=O) groups is 2. The maximum atomic E-state index is 12.6. The Labute approximate surface area is 127 Å². The van der Waals surface area contributed by atoms with Gasteiger partial charge in [-0.2, -0.15) is 0 Å². The number of ketones is 1. The lowest BCUT2D eigenvalue weighted by molar-refractivity contribution is -0.143. The van der Waals surface area contributed by atoms with E-state index in [1.54, 1.807) is 41.8 Å². The van der Waals surface area contributed by atoms with E-state index < -0.39 is 11.4 Å². The number of aliphatic carboxylic acids is 1. The van der Waals surface area contributed by atoms with Crippen molar-refractivity contribution in [2.24, 2.45) is 0 Å². The van der Waals surface area contributed by atoms with Gasteiger partial charge in [0.15, 0.2) is 0 Å². The molecule has 4 nitrogen and oxygen atoms in total. The third kappa shape index (κ3) is 1.98. The number of hydrogen-bond acceptors (Lipinski definition) is 2. The summed E-state index contributed by atoms with van der Waals surface area (Å²) in [5.74, 6) is -1.07. The van der Waals surface area contributed by atoms with Gasteiger partial charge in [-0.1, -0.05) is 41.9 Å². The van der Waals surface area contributed by atoms with Crippen LogP contribution >= 0.6 is 11.6 Å². The van der Waals surface area contributed by atoms with Crippen LogP contribution in [0.3, 0.4) is 0 Å². The molecular formula is C16H14ClNO3. The molecule has 1 aromatic heterocycles. The van der Waals surface area contributed by atoms with Crippen molar-refractivity contribution >= 4 is 23.4 Å². The number of rotatable bonds is 3. The van der Waals surface area contributed by atoms with Crippen LogP contribution in [0, 0.1) is 0 Å². The molecule has 108 valence electrons. The van der Waals surface area contributed by atoms with Crippen LogP contribution in [0.15, 0.2) is 36.4 Å². The third-order valence-electron chi connectivity index (χ3n) is 4.17. The van der Waals surface area contributed by atoms with Crippen molar-refractivity contribution in [1.29, 1.82) is 0 Å². The average Bonchev–Trinajstić information content (AvgIpc) is 2.97. The molecule has 0 amide bonds. The first-order valence-corrected chi connectivity index (χ1v) is 7.05. The Morgan fingerprint density at radius 3 is 2.57 bits per heavy atom. The van der Waals surface area contributed by atoms with Gasteiger partial charge < -0.3 is 9.67 Å². The van der Waals surface area contributed by atoms with Gasteiger partial charge in [0, 0.05) is 17.8 Å².